The molecule has 3 aliphatic rings. The molecule has 0 bridgehead atoms. The second-order valence-corrected chi connectivity index (χ2v) is 9.56. The highest BCUT2D eigenvalue weighted by Crippen LogP contribution is 2.39. The van der Waals surface area contributed by atoms with Crippen LogP contribution in [0.1, 0.15) is 43.2 Å². The Bertz CT molecular complexity index is 1140. The van der Waals surface area contributed by atoms with Gasteiger partial charge >= 0.3 is 0 Å². The van der Waals surface area contributed by atoms with E-state index in [-0.39, 0.29) is 34.5 Å². The Balaban J connectivity index is 1.47. The summed E-state index contributed by atoms with van der Waals surface area (Å²) in [4.78, 5) is 29.0. The van der Waals surface area contributed by atoms with Crippen molar-refractivity contribution in [3.8, 4) is 6.07 Å². The molecular formula is C26H29N5O3. The minimum atomic E-state index is -0.375. The Morgan fingerprint density at radius 2 is 1.88 bits per heavy atom. The number of anilines is 2. The molecule has 0 unspecified atom stereocenters. The molecule has 1 saturated carbocycles. The molecule has 2 aliphatic heterocycles. The molecule has 1 saturated heterocycles. The Morgan fingerprint density at radius 1 is 1.09 bits per heavy atom. The summed E-state index contributed by atoms with van der Waals surface area (Å²) in [6.07, 6.45) is 5.99. The summed E-state index contributed by atoms with van der Waals surface area (Å²) < 4.78 is 0. The van der Waals surface area contributed by atoms with Crippen LogP contribution in [0.15, 0.2) is 42.5 Å². The SMILES string of the molecule is N#Cc1ccccc1N1CCN2c3ccc([N+](=O)[O-])cc3C[C@H](C(=O)NC3CCCCC3)[C@H]2C1. The number of carbonyl (C=O) groups is 1. The van der Waals surface area contributed by atoms with Crippen LogP contribution in [-0.2, 0) is 11.2 Å². The van der Waals surface area contributed by atoms with Crippen molar-refractivity contribution in [2.24, 2.45) is 5.92 Å². The highest BCUT2D eigenvalue weighted by Gasteiger charge is 2.42. The van der Waals surface area contributed by atoms with Gasteiger partial charge in [-0.05, 0) is 43.0 Å². The Morgan fingerprint density at radius 3 is 2.65 bits per heavy atom. The number of nitriles is 1. The lowest BCUT2D eigenvalue weighted by Crippen LogP contribution is -2.61. The highest BCUT2D eigenvalue weighted by molar-refractivity contribution is 5.83. The molecule has 8 heteroatoms. The molecule has 34 heavy (non-hydrogen) atoms. The van der Waals surface area contributed by atoms with Gasteiger partial charge in [0.05, 0.1) is 28.1 Å². The van der Waals surface area contributed by atoms with E-state index in [1.54, 1.807) is 12.1 Å². The number of piperazine rings is 1. The van der Waals surface area contributed by atoms with Gasteiger partial charge in [0, 0.05) is 43.5 Å². The summed E-state index contributed by atoms with van der Waals surface area (Å²) in [6.45, 7) is 2.02. The van der Waals surface area contributed by atoms with Crippen LogP contribution < -0.4 is 15.1 Å². The third-order valence-corrected chi connectivity index (χ3v) is 7.56. The molecule has 2 fully saturated rings. The number of nitro benzene ring substituents is 1. The number of para-hydroxylation sites is 1. The largest absolute Gasteiger partial charge is 0.367 e. The summed E-state index contributed by atoms with van der Waals surface area (Å²) in [7, 11) is 0. The fourth-order valence-corrected chi connectivity index (χ4v) is 5.84. The molecule has 0 radical (unpaired) electrons. The molecule has 2 aromatic carbocycles. The number of non-ortho nitro benzene ring substituents is 1. The van der Waals surface area contributed by atoms with E-state index in [1.807, 2.05) is 30.3 Å². The summed E-state index contributed by atoms with van der Waals surface area (Å²) >= 11 is 0. The van der Waals surface area contributed by atoms with E-state index in [1.165, 1.54) is 6.42 Å². The van der Waals surface area contributed by atoms with Crippen LogP contribution in [0.2, 0.25) is 0 Å². The fraction of sp³-hybridized carbons (Fsp3) is 0.462. The van der Waals surface area contributed by atoms with Gasteiger partial charge in [0.2, 0.25) is 5.91 Å². The van der Waals surface area contributed by atoms with Gasteiger partial charge in [-0.25, -0.2) is 0 Å². The second kappa shape index (κ2) is 9.34. The molecule has 8 nitrogen and oxygen atoms in total. The number of nitro groups is 1. The first kappa shape index (κ1) is 22.2. The third-order valence-electron chi connectivity index (χ3n) is 7.56. The predicted octanol–water partition coefficient (Wildman–Crippen LogP) is 3.78. The lowest BCUT2D eigenvalue weighted by Gasteiger charge is -2.50. The van der Waals surface area contributed by atoms with E-state index in [0.717, 1.165) is 42.6 Å². The third kappa shape index (κ3) is 4.18. The number of benzene rings is 2. The Hall–Kier alpha value is -3.60. The van der Waals surface area contributed by atoms with Crippen LogP contribution in [0.5, 0.6) is 0 Å². The maximum atomic E-state index is 13.6. The van der Waals surface area contributed by atoms with Crippen molar-refractivity contribution in [1.82, 2.24) is 5.32 Å². The lowest BCUT2D eigenvalue weighted by molar-refractivity contribution is -0.384. The zero-order valence-electron chi connectivity index (χ0n) is 19.2. The summed E-state index contributed by atoms with van der Waals surface area (Å²) in [5, 5.41) is 24.3. The highest BCUT2D eigenvalue weighted by atomic mass is 16.6. The minimum absolute atomic E-state index is 0.0366. The monoisotopic (exact) mass is 459 g/mol. The molecule has 1 N–H and O–H groups in total. The average molecular weight is 460 g/mol. The van der Waals surface area contributed by atoms with E-state index in [2.05, 4.69) is 21.2 Å². The van der Waals surface area contributed by atoms with E-state index in [0.29, 0.717) is 31.6 Å². The van der Waals surface area contributed by atoms with Crippen LogP contribution in [0, 0.1) is 27.4 Å². The number of nitrogens with one attached hydrogen (secondary N) is 1. The zero-order chi connectivity index (χ0) is 23.7. The fourth-order valence-electron chi connectivity index (χ4n) is 5.84. The van der Waals surface area contributed by atoms with Gasteiger partial charge in [0.15, 0.2) is 0 Å². The van der Waals surface area contributed by atoms with Gasteiger partial charge in [-0.15, -0.1) is 0 Å². The Kier molecular flexibility index (Phi) is 6.10. The van der Waals surface area contributed by atoms with Gasteiger partial charge in [-0.2, -0.15) is 5.26 Å². The molecule has 176 valence electrons. The topological polar surface area (TPSA) is 103 Å². The molecule has 1 amide bonds. The van der Waals surface area contributed by atoms with E-state index >= 15 is 0 Å². The van der Waals surface area contributed by atoms with E-state index in [4.69, 9.17) is 0 Å². The van der Waals surface area contributed by atoms with Crippen molar-refractivity contribution in [1.29, 1.82) is 5.26 Å². The standard InChI is InChI=1S/C26H29N5O3/c27-16-18-6-4-5-9-23(18)29-12-13-30-24-11-10-21(31(33)34)14-19(24)15-22(25(30)17-29)26(32)28-20-7-2-1-3-8-20/h4-6,9-11,14,20,22,25H,1-3,7-8,12-13,15,17H2,(H,28,32)/t22-,25+/m0/s1. The summed E-state index contributed by atoms with van der Waals surface area (Å²) in [5.74, 6) is -0.275. The maximum Gasteiger partial charge on any atom is 0.269 e. The van der Waals surface area contributed by atoms with Gasteiger partial charge in [0.25, 0.3) is 5.69 Å². The zero-order valence-corrected chi connectivity index (χ0v) is 19.2. The van der Waals surface area contributed by atoms with Crippen molar-refractivity contribution in [2.75, 3.05) is 29.4 Å². The van der Waals surface area contributed by atoms with Crippen molar-refractivity contribution in [3.05, 3.63) is 63.7 Å². The van der Waals surface area contributed by atoms with Crippen molar-refractivity contribution in [3.63, 3.8) is 0 Å². The van der Waals surface area contributed by atoms with Crippen LogP contribution in [-0.4, -0.2) is 42.5 Å². The van der Waals surface area contributed by atoms with Crippen LogP contribution in [0.25, 0.3) is 0 Å². The van der Waals surface area contributed by atoms with Crippen molar-refractivity contribution in [2.45, 2.75) is 50.6 Å². The Labute approximate surface area is 199 Å². The minimum Gasteiger partial charge on any atom is -0.367 e. The smallest absolute Gasteiger partial charge is 0.269 e. The molecular weight excluding hydrogens is 430 g/mol. The number of fused-ring (bicyclic) bond motifs is 3. The van der Waals surface area contributed by atoms with Gasteiger partial charge in [0.1, 0.15) is 6.07 Å². The lowest BCUT2D eigenvalue weighted by atomic mass is 9.82. The molecule has 5 rings (SSSR count). The van der Waals surface area contributed by atoms with E-state index < -0.39 is 0 Å². The number of amides is 1. The first-order valence-corrected chi connectivity index (χ1v) is 12.1. The average Bonchev–Trinajstić information content (AvgIpc) is 2.88. The number of hydrogen-bond acceptors (Lipinski definition) is 6. The summed E-state index contributed by atoms with van der Waals surface area (Å²) in [6, 6.07) is 15.0. The molecule has 2 heterocycles. The predicted molar refractivity (Wildman–Crippen MR) is 130 cm³/mol. The van der Waals surface area contributed by atoms with Crippen LogP contribution in [0.4, 0.5) is 17.1 Å². The molecule has 2 atom stereocenters. The van der Waals surface area contributed by atoms with E-state index in [9.17, 15) is 20.2 Å². The van der Waals surface area contributed by atoms with Crippen molar-refractivity contribution < 1.29 is 9.72 Å². The number of rotatable bonds is 4. The first-order valence-electron chi connectivity index (χ1n) is 12.1. The van der Waals surface area contributed by atoms with Gasteiger partial charge in [-0.1, -0.05) is 31.4 Å². The number of hydrogen-bond donors (Lipinski definition) is 1. The molecule has 0 aromatic heterocycles. The molecule has 1 aliphatic carbocycles. The summed E-state index contributed by atoms with van der Waals surface area (Å²) in [5.41, 5.74) is 3.42. The van der Waals surface area contributed by atoms with Crippen LogP contribution in [0.3, 0.4) is 0 Å². The second-order valence-electron chi connectivity index (χ2n) is 9.56. The first-order chi connectivity index (χ1) is 16.5. The van der Waals surface area contributed by atoms with Crippen molar-refractivity contribution >= 4 is 23.0 Å². The molecule has 0 spiro atoms. The maximum absolute atomic E-state index is 13.6. The van der Waals surface area contributed by atoms with Gasteiger partial charge < -0.3 is 15.1 Å². The molecule has 2 aromatic rings. The van der Waals surface area contributed by atoms with Crippen LogP contribution >= 0.6 is 0 Å². The van der Waals surface area contributed by atoms with Gasteiger partial charge in [-0.3, -0.25) is 14.9 Å². The number of carbonyl (C=O) groups excluding carboxylic acids is 1. The normalized spacial score (nSPS) is 22.3. The quantitative estimate of drug-likeness (QED) is 0.551. The number of nitrogens with zero attached hydrogens (tertiary/aromatic N) is 4.